The standard InChI is InChI=1S/C22H21N3O4/c1-5-6-28-22(27)17-13(4)29-20(24)16(10-23)18(17)15-9-14-8-11(2)7-12(3)19(14)25-21(15)26/h5,7-9,18H,1,6,24H2,2-4H3,(H,25,26)/t18-/m1/s1. The molecule has 2 aromatic rings. The van der Waals surface area contributed by atoms with Crippen LogP contribution in [0.4, 0.5) is 0 Å². The molecule has 1 aromatic heterocycles. The molecule has 0 fully saturated rings. The fourth-order valence-electron chi connectivity index (χ4n) is 3.59. The van der Waals surface area contributed by atoms with Crippen LogP contribution in [0.3, 0.4) is 0 Å². The van der Waals surface area contributed by atoms with Crippen molar-refractivity contribution >= 4 is 16.9 Å². The normalized spacial score (nSPS) is 16.4. The highest BCUT2D eigenvalue weighted by atomic mass is 16.5. The molecule has 1 aromatic carbocycles. The summed E-state index contributed by atoms with van der Waals surface area (Å²) in [6.07, 6.45) is 1.43. The Morgan fingerprint density at radius 2 is 2.10 bits per heavy atom. The number of esters is 1. The maximum absolute atomic E-state index is 13.0. The summed E-state index contributed by atoms with van der Waals surface area (Å²) in [7, 11) is 0. The van der Waals surface area contributed by atoms with Crippen LogP contribution in [0.1, 0.15) is 29.5 Å². The Morgan fingerprint density at radius 1 is 1.38 bits per heavy atom. The molecule has 7 nitrogen and oxygen atoms in total. The highest BCUT2D eigenvalue weighted by Gasteiger charge is 2.37. The van der Waals surface area contributed by atoms with E-state index in [-0.39, 0.29) is 35.0 Å². The number of hydrogen-bond acceptors (Lipinski definition) is 6. The maximum atomic E-state index is 13.0. The summed E-state index contributed by atoms with van der Waals surface area (Å²) in [6.45, 7) is 8.90. The summed E-state index contributed by atoms with van der Waals surface area (Å²) in [6, 6.07) is 7.55. The molecular weight excluding hydrogens is 370 g/mol. The number of rotatable bonds is 4. The first kappa shape index (κ1) is 20.0. The zero-order valence-corrected chi connectivity index (χ0v) is 16.5. The Bertz CT molecular complexity index is 1190. The van der Waals surface area contributed by atoms with Crippen molar-refractivity contribution in [2.45, 2.75) is 26.7 Å². The molecule has 0 saturated carbocycles. The fourth-order valence-corrected chi connectivity index (χ4v) is 3.59. The van der Waals surface area contributed by atoms with Crippen molar-refractivity contribution in [1.82, 2.24) is 4.98 Å². The van der Waals surface area contributed by atoms with Gasteiger partial charge < -0.3 is 20.2 Å². The number of H-pyrrole nitrogens is 1. The zero-order chi connectivity index (χ0) is 21.3. The van der Waals surface area contributed by atoms with Crippen molar-refractivity contribution in [2.24, 2.45) is 5.73 Å². The number of aryl methyl sites for hydroxylation is 2. The van der Waals surface area contributed by atoms with Crippen molar-refractivity contribution in [3.05, 3.63) is 80.7 Å². The number of nitrogens with one attached hydrogen (secondary N) is 1. The quantitative estimate of drug-likeness (QED) is 0.611. The Morgan fingerprint density at radius 3 is 2.76 bits per heavy atom. The molecule has 0 radical (unpaired) electrons. The van der Waals surface area contributed by atoms with Crippen LogP contribution in [-0.2, 0) is 14.3 Å². The largest absolute Gasteiger partial charge is 0.458 e. The molecular formula is C22H21N3O4. The van der Waals surface area contributed by atoms with Crippen LogP contribution in [0.5, 0.6) is 0 Å². The van der Waals surface area contributed by atoms with Gasteiger partial charge in [-0.05, 0) is 43.9 Å². The predicted molar refractivity (Wildman–Crippen MR) is 109 cm³/mol. The van der Waals surface area contributed by atoms with Crippen LogP contribution in [-0.4, -0.2) is 17.6 Å². The van der Waals surface area contributed by atoms with E-state index in [1.165, 1.54) is 6.08 Å². The number of ether oxygens (including phenoxy) is 2. The van der Waals surface area contributed by atoms with Crippen molar-refractivity contribution < 1.29 is 14.3 Å². The second-order valence-corrected chi connectivity index (χ2v) is 6.88. The first-order valence-corrected chi connectivity index (χ1v) is 8.99. The molecule has 0 saturated heterocycles. The Hall–Kier alpha value is -3.79. The van der Waals surface area contributed by atoms with E-state index in [0.717, 1.165) is 16.5 Å². The molecule has 0 spiro atoms. The molecule has 0 amide bonds. The number of nitriles is 1. The minimum atomic E-state index is -1.000. The minimum absolute atomic E-state index is 0.0180. The van der Waals surface area contributed by atoms with Gasteiger partial charge in [0.2, 0.25) is 5.88 Å². The van der Waals surface area contributed by atoms with Gasteiger partial charge in [-0.2, -0.15) is 5.26 Å². The van der Waals surface area contributed by atoms with Crippen LogP contribution >= 0.6 is 0 Å². The highest BCUT2D eigenvalue weighted by molar-refractivity contribution is 5.93. The van der Waals surface area contributed by atoms with Crippen LogP contribution in [0.15, 0.2) is 58.4 Å². The molecule has 3 N–H and O–H groups in total. The average Bonchev–Trinajstić information content (AvgIpc) is 2.65. The van der Waals surface area contributed by atoms with Crippen LogP contribution in [0.2, 0.25) is 0 Å². The Labute approximate surface area is 167 Å². The van der Waals surface area contributed by atoms with Gasteiger partial charge in [0.15, 0.2) is 0 Å². The fraction of sp³-hybridized carbons (Fsp3) is 0.227. The first-order valence-electron chi connectivity index (χ1n) is 8.99. The van der Waals surface area contributed by atoms with Gasteiger partial charge in [-0.3, -0.25) is 4.79 Å². The van der Waals surface area contributed by atoms with Gasteiger partial charge in [0.05, 0.1) is 17.0 Å². The van der Waals surface area contributed by atoms with Gasteiger partial charge in [0.25, 0.3) is 5.56 Å². The number of carbonyl (C=O) groups is 1. The van der Waals surface area contributed by atoms with Crippen LogP contribution in [0, 0.1) is 25.2 Å². The lowest BCUT2D eigenvalue weighted by Crippen LogP contribution is -2.29. The number of nitrogens with zero attached hydrogens (tertiary/aromatic N) is 1. The smallest absolute Gasteiger partial charge is 0.338 e. The lowest BCUT2D eigenvalue weighted by molar-refractivity contribution is -0.138. The Balaban J connectivity index is 2.28. The van der Waals surface area contributed by atoms with Gasteiger partial charge in [-0.1, -0.05) is 24.3 Å². The lowest BCUT2D eigenvalue weighted by Gasteiger charge is -2.26. The molecule has 29 heavy (non-hydrogen) atoms. The van der Waals surface area contributed by atoms with E-state index in [2.05, 4.69) is 11.6 Å². The second-order valence-electron chi connectivity index (χ2n) is 6.88. The number of aromatic nitrogens is 1. The average molecular weight is 391 g/mol. The number of carbonyl (C=O) groups excluding carboxylic acids is 1. The summed E-state index contributed by atoms with van der Waals surface area (Å²) in [4.78, 5) is 28.5. The SMILES string of the molecule is C=CCOC(=O)C1=C(C)OC(N)=C(C#N)[C@H]1c1cc2cc(C)cc(C)c2[nH]c1=O. The van der Waals surface area contributed by atoms with Gasteiger partial charge in [0.1, 0.15) is 24.0 Å². The van der Waals surface area contributed by atoms with Gasteiger partial charge in [0, 0.05) is 5.56 Å². The van der Waals surface area contributed by atoms with Crippen molar-refractivity contribution in [3.63, 3.8) is 0 Å². The van der Waals surface area contributed by atoms with E-state index in [1.807, 2.05) is 32.0 Å². The van der Waals surface area contributed by atoms with Gasteiger partial charge in [-0.15, -0.1) is 0 Å². The molecule has 2 heterocycles. The first-order chi connectivity index (χ1) is 13.8. The topological polar surface area (TPSA) is 118 Å². The van der Waals surface area contributed by atoms with Crippen LogP contribution < -0.4 is 11.3 Å². The van der Waals surface area contributed by atoms with E-state index in [9.17, 15) is 14.9 Å². The van der Waals surface area contributed by atoms with E-state index in [0.29, 0.717) is 5.52 Å². The number of allylic oxidation sites excluding steroid dienone is 2. The molecule has 0 aliphatic carbocycles. The second kappa shape index (κ2) is 7.68. The third-order valence-electron chi connectivity index (χ3n) is 4.79. The van der Waals surface area contributed by atoms with E-state index in [1.54, 1.807) is 13.0 Å². The number of pyridine rings is 1. The summed E-state index contributed by atoms with van der Waals surface area (Å²) < 4.78 is 10.6. The molecule has 0 bridgehead atoms. The van der Waals surface area contributed by atoms with Crippen molar-refractivity contribution in [3.8, 4) is 6.07 Å². The van der Waals surface area contributed by atoms with Gasteiger partial charge in [-0.25, -0.2) is 4.79 Å². The molecule has 3 rings (SSSR count). The maximum Gasteiger partial charge on any atom is 0.338 e. The molecule has 1 aliphatic heterocycles. The highest BCUT2D eigenvalue weighted by Crippen LogP contribution is 2.39. The molecule has 148 valence electrons. The van der Waals surface area contributed by atoms with Crippen molar-refractivity contribution in [1.29, 1.82) is 5.26 Å². The molecule has 1 aliphatic rings. The van der Waals surface area contributed by atoms with Crippen molar-refractivity contribution in [2.75, 3.05) is 6.61 Å². The number of hydrogen-bond donors (Lipinski definition) is 2. The molecule has 1 atom stereocenters. The molecule has 7 heteroatoms. The lowest BCUT2D eigenvalue weighted by atomic mass is 9.83. The zero-order valence-electron chi connectivity index (χ0n) is 16.5. The summed E-state index contributed by atoms with van der Waals surface area (Å²) in [5.74, 6) is -1.66. The number of benzene rings is 1. The summed E-state index contributed by atoms with van der Waals surface area (Å²) in [5, 5.41) is 10.5. The third kappa shape index (κ3) is 3.52. The van der Waals surface area contributed by atoms with E-state index in [4.69, 9.17) is 15.2 Å². The third-order valence-corrected chi connectivity index (χ3v) is 4.79. The summed E-state index contributed by atoms with van der Waals surface area (Å²) in [5.41, 5.74) is 8.38. The van der Waals surface area contributed by atoms with E-state index >= 15 is 0 Å². The molecule has 0 unspecified atom stereocenters. The minimum Gasteiger partial charge on any atom is -0.458 e. The van der Waals surface area contributed by atoms with E-state index < -0.39 is 17.4 Å². The monoisotopic (exact) mass is 391 g/mol. The van der Waals surface area contributed by atoms with Crippen LogP contribution in [0.25, 0.3) is 10.9 Å². The number of aromatic amines is 1. The predicted octanol–water partition coefficient (Wildman–Crippen LogP) is 2.96. The number of fused-ring (bicyclic) bond motifs is 1. The Kier molecular flexibility index (Phi) is 5.29. The number of nitrogens with two attached hydrogens (primary N) is 1. The van der Waals surface area contributed by atoms with Gasteiger partial charge >= 0.3 is 5.97 Å². The summed E-state index contributed by atoms with van der Waals surface area (Å²) >= 11 is 0.